The van der Waals surface area contributed by atoms with Gasteiger partial charge >= 0.3 is 0 Å². The van der Waals surface area contributed by atoms with Crippen molar-refractivity contribution in [1.82, 2.24) is 0 Å². The Labute approximate surface area is 80.6 Å². The maximum Gasteiger partial charge on any atom is 0.0273 e. The average Bonchev–Trinajstić information content (AvgIpc) is 2.58. The van der Waals surface area contributed by atoms with Gasteiger partial charge in [-0.1, -0.05) is 27.7 Å². The van der Waals surface area contributed by atoms with Crippen molar-refractivity contribution in [3.05, 3.63) is 21.9 Å². The van der Waals surface area contributed by atoms with Crippen molar-refractivity contribution in [3.8, 4) is 0 Å². The molecule has 0 spiro atoms. The second-order valence-corrected chi connectivity index (χ2v) is 3.09. The zero-order chi connectivity index (χ0) is 9.98. The van der Waals surface area contributed by atoms with E-state index in [1.807, 2.05) is 27.7 Å². The van der Waals surface area contributed by atoms with Crippen molar-refractivity contribution < 1.29 is 0 Å². The SMILES string of the molecule is CC.CC.Cc1ccc(CN)s1. The van der Waals surface area contributed by atoms with Crippen LogP contribution in [0, 0.1) is 6.92 Å². The molecule has 1 nitrogen and oxygen atoms in total. The molecule has 12 heavy (non-hydrogen) atoms. The maximum absolute atomic E-state index is 5.37. The molecular weight excluding hydrogens is 166 g/mol. The van der Waals surface area contributed by atoms with Crippen LogP contribution in [0.25, 0.3) is 0 Å². The molecule has 0 aromatic carbocycles. The molecule has 0 bridgehead atoms. The molecule has 72 valence electrons. The van der Waals surface area contributed by atoms with Gasteiger partial charge in [-0.3, -0.25) is 0 Å². The summed E-state index contributed by atoms with van der Waals surface area (Å²) in [4.78, 5) is 2.60. The number of rotatable bonds is 1. The predicted octanol–water partition coefficient (Wildman–Crippen LogP) is 3.57. The lowest BCUT2D eigenvalue weighted by molar-refractivity contribution is 1.11. The minimum atomic E-state index is 0.679. The molecule has 0 saturated carbocycles. The smallest absolute Gasteiger partial charge is 0.0273 e. The normalized spacial score (nSPS) is 7.50. The van der Waals surface area contributed by atoms with Crippen LogP contribution in [0.5, 0.6) is 0 Å². The number of aryl methyl sites for hydroxylation is 1. The molecule has 2 heteroatoms. The number of thiophene rings is 1. The molecule has 1 aromatic heterocycles. The van der Waals surface area contributed by atoms with Gasteiger partial charge in [0.15, 0.2) is 0 Å². The molecule has 1 heterocycles. The molecule has 2 N–H and O–H groups in total. The molecule has 0 amide bonds. The summed E-state index contributed by atoms with van der Waals surface area (Å²) in [5.74, 6) is 0. The van der Waals surface area contributed by atoms with E-state index >= 15 is 0 Å². The first kappa shape index (κ1) is 14.2. The third-order valence-electron chi connectivity index (χ3n) is 0.997. The van der Waals surface area contributed by atoms with Crippen molar-refractivity contribution in [1.29, 1.82) is 0 Å². The third-order valence-corrected chi connectivity index (χ3v) is 2.02. The van der Waals surface area contributed by atoms with Crippen LogP contribution in [0.2, 0.25) is 0 Å². The molecule has 0 saturated heterocycles. The lowest BCUT2D eigenvalue weighted by Crippen LogP contribution is -1.90. The van der Waals surface area contributed by atoms with E-state index in [0.717, 1.165) is 0 Å². The molecule has 1 rings (SSSR count). The number of hydrogen-bond donors (Lipinski definition) is 1. The van der Waals surface area contributed by atoms with Crippen molar-refractivity contribution in [2.24, 2.45) is 5.73 Å². The standard InChI is InChI=1S/C6H9NS.2C2H6/c1-5-2-3-6(4-7)8-5;2*1-2/h2-3H,4,7H2,1H3;2*1-2H3. The Hall–Kier alpha value is -0.340. The average molecular weight is 187 g/mol. The summed E-state index contributed by atoms with van der Waals surface area (Å²) in [6.07, 6.45) is 0. The van der Waals surface area contributed by atoms with E-state index in [-0.39, 0.29) is 0 Å². The van der Waals surface area contributed by atoms with Crippen LogP contribution in [0.15, 0.2) is 12.1 Å². The van der Waals surface area contributed by atoms with Gasteiger partial charge in [-0.25, -0.2) is 0 Å². The Morgan fingerprint density at radius 1 is 1.17 bits per heavy atom. The summed E-state index contributed by atoms with van der Waals surface area (Å²) >= 11 is 1.76. The Bertz CT molecular complexity index is 170. The van der Waals surface area contributed by atoms with Crippen molar-refractivity contribution in [2.75, 3.05) is 0 Å². The van der Waals surface area contributed by atoms with Gasteiger partial charge in [-0.2, -0.15) is 0 Å². The first-order valence-corrected chi connectivity index (χ1v) is 5.40. The Balaban J connectivity index is 0. The monoisotopic (exact) mass is 187 g/mol. The van der Waals surface area contributed by atoms with E-state index in [9.17, 15) is 0 Å². The lowest BCUT2D eigenvalue weighted by Gasteiger charge is -1.81. The van der Waals surface area contributed by atoms with Crippen LogP contribution in [-0.4, -0.2) is 0 Å². The van der Waals surface area contributed by atoms with Crippen LogP contribution in [0.4, 0.5) is 0 Å². The fraction of sp³-hybridized carbons (Fsp3) is 0.600. The Morgan fingerprint density at radius 2 is 1.67 bits per heavy atom. The molecule has 0 unspecified atom stereocenters. The number of hydrogen-bond acceptors (Lipinski definition) is 2. The molecule has 0 aliphatic carbocycles. The van der Waals surface area contributed by atoms with Gasteiger partial charge in [0.05, 0.1) is 0 Å². The van der Waals surface area contributed by atoms with Crippen molar-refractivity contribution in [2.45, 2.75) is 41.2 Å². The van der Waals surface area contributed by atoms with E-state index in [4.69, 9.17) is 5.73 Å². The molecule has 1 aromatic rings. The van der Waals surface area contributed by atoms with Crippen LogP contribution < -0.4 is 5.73 Å². The van der Waals surface area contributed by atoms with Crippen LogP contribution in [-0.2, 0) is 6.54 Å². The fourth-order valence-corrected chi connectivity index (χ4v) is 1.36. The summed E-state index contributed by atoms with van der Waals surface area (Å²) < 4.78 is 0. The number of nitrogens with two attached hydrogens (primary N) is 1. The summed E-state index contributed by atoms with van der Waals surface area (Å²) in [5, 5.41) is 0. The molecule has 0 aliphatic rings. The fourth-order valence-electron chi connectivity index (χ4n) is 0.595. The molecule has 0 fully saturated rings. The second-order valence-electron chi connectivity index (χ2n) is 1.72. The van der Waals surface area contributed by atoms with E-state index in [2.05, 4.69) is 19.1 Å². The quantitative estimate of drug-likeness (QED) is 0.714. The highest BCUT2D eigenvalue weighted by molar-refractivity contribution is 7.11. The van der Waals surface area contributed by atoms with Crippen molar-refractivity contribution in [3.63, 3.8) is 0 Å². The summed E-state index contributed by atoms with van der Waals surface area (Å²) in [6.45, 7) is 10.8. The van der Waals surface area contributed by atoms with Gasteiger partial charge in [0.1, 0.15) is 0 Å². The van der Waals surface area contributed by atoms with Gasteiger partial charge in [0.25, 0.3) is 0 Å². The molecule has 0 radical (unpaired) electrons. The zero-order valence-corrected chi connectivity index (χ0v) is 9.66. The summed E-state index contributed by atoms with van der Waals surface area (Å²) in [6, 6.07) is 4.16. The van der Waals surface area contributed by atoms with E-state index in [1.165, 1.54) is 9.75 Å². The maximum atomic E-state index is 5.37. The van der Waals surface area contributed by atoms with Gasteiger partial charge in [-0.05, 0) is 19.1 Å². The van der Waals surface area contributed by atoms with Gasteiger partial charge in [-0.15, -0.1) is 11.3 Å². The molecule has 0 atom stereocenters. The molecular formula is C10H21NS. The topological polar surface area (TPSA) is 26.0 Å². The Kier molecular flexibility index (Phi) is 12.6. The van der Waals surface area contributed by atoms with Crippen molar-refractivity contribution >= 4 is 11.3 Å². The van der Waals surface area contributed by atoms with Gasteiger partial charge < -0.3 is 5.73 Å². The zero-order valence-electron chi connectivity index (χ0n) is 8.85. The minimum Gasteiger partial charge on any atom is -0.326 e. The highest BCUT2D eigenvalue weighted by Crippen LogP contribution is 2.13. The first-order valence-electron chi connectivity index (χ1n) is 4.58. The van der Waals surface area contributed by atoms with Crippen LogP contribution in [0.1, 0.15) is 37.4 Å². The van der Waals surface area contributed by atoms with E-state index in [1.54, 1.807) is 11.3 Å². The summed E-state index contributed by atoms with van der Waals surface area (Å²) in [5.41, 5.74) is 5.37. The largest absolute Gasteiger partial charge is 0.326 e. The van der Waals surface area contributed by atoms with E-state index < -0.39 is 0 Å². The van der Waals surface area contributed by atoms with Gasteiger partial charge in [0.2, 0.25) is 0 Å². The predicted molar refractivity (Wildman–Crippen MR) is 59.6 cm³/mol. The first-order chi connectivity index (χ1) is 5.83. The Morgan fingerprint density at radius 3 is 1.83 bits per heavy atom. The molecule has 0 aliphatic heterocycles. The van der Waals surface area contributed by atoms with E-state index in [0.29, 0.717) is 6.54 Å². The minimum absolute atomic E-state index is 0.679. The summed E-state index contributed by atoms with van der Waals surface area (Å²) in [7, 11) is 0. The second kappa shape index (κ2) is 10.7. The highest BCUT2D eigenvalue weighted by atomic mass is 32.1. The highest BCUT2D eigenvalue weighted by Gasteiger charge is 1.89. The van der Waals surface area contributed by atoms with Crippen LogP contribution >= 0.6 is 11.3 Å². The van der Waals surface area contributed by atoms with Crippen LogP contribution in [0.3, 0.4) is 0 Å². The third kappa shape index (κ3) is 6.38. The lowest BCUT2D eigenvalue weighted by atomic mass is 10.4. The van der Waals surface area contributed by atoms with Gasteiger partial charge in [0, 0.05) is 16.3 Å².